The largest absolute Gasteiger partial charge is 0.484 e. The van der Waals surface area contributed by atoms with Gasteiger partial charge in [0.25, 0.3) is 5.91 Å². The molecule has 0 saturated heterocycles. The lowest BCUT2D eigenvalue weighted by Gasteiger charge is -2.31. The fourth-order valence-electron chi connectivity index (χ4n) is 2.78. The molecule has 4 heteroatoms. The first-order chi connectivity index (χ1) is 10.1. The lowest BCUT2D eigenvalue weighted by molar-refractivity contribution is -0.123. The van der Waals surface area contributed by atoms with Crippen LogP contribution in [0.3, 0.4) is 0 Å². The highest BCUT2D eigenvalue weighted by atomic mass is 16.5. The molecule has 2 aliphatic rings. The summed E-state index contributed by atoms with van der Waals surface area (Å²) in [7, 11) is 0. The van der Waals surface area contributed by atoms with Crippen molar-refractivity contribution in [2.45, 2.75) is 26.7 Å². The van der Waals surface area contributed by atoms with Crippen LogP contribution in [0.5, 0.6) is 5.75 Å². The molecular formula is C17H20N2O2. The van der Waals surface area contributed by atoms with E-state index in [1.807, 2.05) is 32.0 Å². The first-order valence-corrected chi connectivity index (χ1v) is 7.35. The van der Waals surface area contributed by atoms with Crippen LogP contribution in [0, 0.1) is 25.7 Å². The molecule has 21 heavy (non-hydrogen) atoms. The summed E-state index contributed by atoms with van der Waals surface area (Å²) in [6.45, 7) is 4.06. The van der Waals surface area contributed by atoms with E-state index < -0.39 is 0 Å². The summed E-state index contributed by atoms with van der Waals surface area (Å²) < 4.78 is 5.48. The molecule has 0 bridgehead atoms. The minimum Gasteiger partial charge on any atom is -0.484 e. The van der Waals surface area contributed by atoms with Gasteiger partial charge in [0.15, 0.2) is 6.61 Å². The van der Waals surface area contributed by atoms with E-state index in [0.717, 1.165) is 24.1 Å². The van der Waals surface area contributed by atoms with Gasteiger partial charge in [0.05, 0.1) is 0 Å². The fourth-order valence-corrected chi connectivity index (χ4v) is 2.78. The topological polar surface area (TPSA) is 50.7 Å². The Morgan fingerprint density at radius 2 is 2.24 bits per heavy atom. The van der Waals surface area contributed by atoms with Gasteiger partial charge in [-0.15, -0.1) is 0 Å². The quantitative estimate of drug-likeness (QED) is 0.682. The van der Waals surface area contributed by atoms with E-state index in [9.17, 15) is 4.79 Å². The van der Waals surface area contributed by atoms with E-state index in [2.05, 4.69) is 22.7 Å². The number of allylic oxidation sites excluding steroid dienone is 2. The summed E-state index contributed by atoms with van der Waals surface area (Å²) in [4.78, 5) is 11.7. The number of hydrogen-bond acceptors (Lipinski definition) is 3. The van der Waals surface area contributed by atoms with Gasteiger partial charge < -0.3 is 4.74 Å². The predicted octanol–water partition coefficient (Wildman–Crippen LogP) is 2.75. The molecule has 110 valence electrons. The third-order valence-electron chi connectivity index (χ3n) is 4.34. The van der Waals surface area contributed by atoms with Crippen LogP contribution in [0.15, 0.2) is 35.5 Å². The van der Waals surface area contributed by atoms with Crippen molar-refractivity contribution in [3.63, 3.8) is 0 Å². The van der Waals surface area contributed by atoms with Crippen LogP contribution >= 0.6 is 0 Å². The summed E-state index contributed by atoms with van der Waals surface area (Å²) >= 11 is 0. The molecule has 1 N–H and O–H groups in total. The third kappa shape index (κ3) is 2.99. The second-order valence-electron chi connectivity index (χ2n) is 5.81. The van der Waals surface area contributed by atoms with Gasteiger partial charge in [0, 0.05) is 11.6 Å². The number of hydrazone groups is 1. The molecule has 1 aromatic rings. The standard InChI is InChI=1S/C17H20N2O2/c1-11-6-7-14(8-12(11)2)21-10-17(20)19-18-16-9-13-4-3-5-15(13)16/h3-4,6-8,13,15H,5,9-10H2,1-2H3,(H,19,20)/b18-16-/t13-,15+/m1/s1. The van der Waals surface area contributed by atoms with Crippen molar-refractivity contribution in [1.82, 2.24) is 5.43 Å². The van der Waals surface area contributed by atoms with Crippen LogP contribution in [0.25, 0.3) is 0 Å². The molecule has 1 aromatic carbocycles. The van der Waals surface area contributed by atoms with Gasteiger partial charge in [-0.25, -0.2) is 5.43 Å². The fraction of sp³-hybridized carbons (Fsp3) is 0.412. The summed E-state index contributed by atoms with van der Waals surface area (Å²) in [5.74, 6) is 1.66. The average Bonchev–Trinajstić information content (AvgIpc) is 2.82. The van der Waals surface area contributed by atoms with Crippen LogP contribution in [0.2, 0.25) is 0 Å². The summed E-state index contributed by atoms with van der Waals surface area (Å²) in [6.07, 6.45) is 6.47. The van der Waals surface area contributed by atoms with Crippen LogP contribution < -0.4 is 10.2 Å². The van der Waals surface area contributed by atoms with Gasteiger partial charge in [-0.3, -0.25) is 4.79 Å². The number of nitrogens with zero attached hydrogens (tertiary/aromatic N) is 1. The number of rotatable bonds is 4. The molecule has 3 rings (SSSR count). The Bertz CT molecular complexity index is 619. The first kappa shape index (κ1) is 13.9. The third-order valence-corrected chi connectivity index (χ3v) is 4.34. The van der Waals surface area contributed by atoms with Gasteiger partial charge in [0.2, 0.25) is 0 Å². The maximum Gasteiger partial charge on any atom is 0.277 e. The number of hydrogen-bond donors (Lipinski definition) is 1. The predicted molar refractivity (Wildman–Crippen MR) is 82.3 cm³/mol. The number of nitrogens with one attached hydrogen (secondary N) is 1. The van der Waals surface area contributed by atoms with E-state index in [1.165, 1.54) is 5.56 Å². The van der Waals surface area contributed by atoms with E-state index >= 15 is 0 Å². The van der Waals surface area contributed by atoms with Crippen molar-refractivity contribution < 1.29 is 9.53 Å². The van der Waals surface area contributed by atoms with Crippen molar-refractivity contribution >= 4 is 11.6 Å². The molecular weight excluding hydrogens is 264 g/mol. The molecule has 1 saturated carbocycles. The monoisotopic (exact) mass is 284 g/mol. The smallest absolute Gasteiger partial charge is 0.277 e. The highest BCUT2D eigenvalue weighted by molar-refractivity contribution is 5.94. The minimum absolute atomic E-state index is 0.00831. The van der Waals surface area contributed by atoms with Crippen LogP contribution in [0.4, 0.5) is 0 Å². The molecule has 1 amide bonds. The molecule has 0 aliphatic heterocycles. The lowest BCUT2D eigenvalue weighted by atomic mass is 9.74. The Morgan fingerprint density at radius 3 is 3.00 bits per heavy atom. The van der Waals surface area contributed by atoms with Crippen LogP contribution in [-0.2, 0) is 4.79 Å². The summed E-state index contributed by atoms with van der Waals surface area (Å²) in [5, 5.41) is 4.21. The molecule has 2 aliphatic carbocycles. The number of ether oxygens (including phenoxy) is 1. The van der Waals surface area contributed by atoms with Gasteiger partial charge in [-0.2, -0.15) is 5.10 Å². The molecule has 0 radical (unpaired) electrons. The van der Waals surface area contributed by atoms with E-state index in [0.29, 0.717) is 17.6 Å². The summed E-state index contributed by atoms with van der Waals surface area (Å²) in [6, 6.07) is 5.81. The zero-order chi connectivity index (χ0) is 14.8. The lowest BCUT2D eigenvalue weighted by Crippen LogP contribution is -2.36. The Morgan fingerprint density at radius 1 is 1.38 bits per heavy atom. The highest BCUT2D eigenvalue weighted by Crippen LogP contribution is 2.39. The molecule has 0 unspecified atom stereocenters. The molecule has 0 heterocycles. The van der Waals surface area contributed by atoms with Crippen molar-refractivity contribution in [2.75, 3.05) is 6.61 Å². The summed E-state index contributed by atoms with van der Waals surface area (Å²) in [5.41, 5.74) is 6.06. The zero-order valence-electron chi connectivity index (χ0n) is 12.4. The van der Waals surface area contributed by atoms with Crippen molar-refractivity contribution in [3.8, 4) is 5.75 Å². The first-order valence-electron chi connectivity index (χ1n) is 7.35. The number of carbonyl (C=O) groups is 1. The van der Waals surface area contributed by atoms with Gasteiger partial charge >= 0.3 is 0 Å². The van der Waals surface area contributed by atoms with Gasteiger partial charge in [0.1, 0.15) is 5.75 Å². The minimum atomic E-state index is -0.213. The maximum absolute atomic E-state index is 11.7. The second kappa shape index (κ2) is 5.72. The van der Waals surface area contributed by atoms with Gasteiger partial charge in [-0.1, -0.05) is 18.2 Å². The van der Waals surface area contributed by atoms with Crippen LogP contribution in [0.1, 0.15) is 24.0 Å². The second-order valence-corrected chi connectivity index (χ2v) is 5.81. The van der Waals surface area contributed by atoms with Crippen LogP contribution in [-0.4, -0.2) is 18.2 Å². The van der Waals surface area contributed by atoms with Crippen molar-refractivity contribution in [2.24, 2.45) is 16.9 Å². The Balaban J connectivity index is 1.46. The zero-order valence-corrected chi connectivity index (χ0v) is 12.4. The number of aryl methyl sites for hydroxylation is 2. The van der Waals surface area contributed by atoms with Crippen molar-refractivity contribution in [3.05, 3.63) is 41.5 Å². The normalized spacial score (nSPS) is 24.6. The molecule has 0 aromatic heterocycles. The number of fused-ring (bicyclic) bond motifs is 1. The SMILES string of the molecule is Cc1ccc(OCC(=O)N/N=C2/C[C@H]3C=CC[C@H]23)cc1C. The number of benzene rings is 1. The Labute approximate surface area is 124 Å². The van der Waals surface area contributed by atoms with E-state index in [1.54, 1.807) is 0 Å². The average molecular weight is 284 g/mol. The molecule has 4 nitrogen and oxygen atoms in total. The number of amides is 1. The van der Waals surface area contributed by atoms with Crippen molar-refractivity contribution in [1.29, 1.82) is 0 Å². The number of carbonyl (C=O) groups excluding carboxylic acids is 1. The molecule has 1 fully saturated rings. The Hall–Kier alpha value is -2.10. The highest BCUT2D eigenvalue weighted by Gasteiger charge is 2.37. The maximum atomic E-state index is 11.7. The molecule has 2 atom stereocenters. The van der Waals surface area contributed by atoms with E-state index in [-0.39, 0.29) is 12.5 Å². The van der Waals surface area contributed by atoms with E-state index in [4.69, 9.17) is 4.74 Å². The van der Waals surface area contributed by atoms with Gasteiger partial charge in [-0.05, 0) is 55.9 Å². The Kier molecular flexibility index (Phi) is 3.78. The molecule has 0 spiro atoms.